The number of H-pyrrole nitrogens is 2. The van der Waals surface area contributed by atoms with E-state index in [9.17, 15) is 8.78 Å². The van der Waals surface area contributed by atoms with Crippen LogP contribution in [0.15, 0.2) is 85.5 Å². The number of nitrogens with one attached hydrogen (secondary N) is 2. The topological polar surface area (TPSA) is 86.4 Å². The molecule has 0 radical (unpaired) electrons. The van der Waals surface area contributed by atoms with Gasteiger partial charge in [0.1, 0.15) is 5.69 Å². The Labute approximate surface area is 224 Å². The number of aromatic amines is 2. The first kappa shape index (κ1) is 24.8. The van der Waals surface area contributed by atoms with Crippen LogP contribution in [0.1, 0.15) is 18.9 Å². The standard InChI is InChI=1S/C30H27F2N7/c1-3-19(17-39-12-9-30(31,32)18-39)13-20(4-2)22-5-6-25-23(14-22)28(38-37-25)29-35-26-16-34-15-24(27(26)36-29)21-7-10-33-11-8-21/h3-8,10-11,13-16H,1,9,12,17-18H2,2H3,(H,35,36)(H,37,38)/b19-13+,20-4+. The maximum absolute atomic E-state index is 13.7. The average molecular weight is 524 g/mol. The van der Waals surface area contributed by atoms with E-state index in [0.29, 0.717) is 24.6 Å². The average Bonchev–Trinajstić information content (AvgIpc) is 3.66. The lowest BCUT2D eigenvalue weighted by Gasteiger charge is -2.16. The molecule has 39 heavy (non-hydrogen) atoms. The normalized spacial score (nSPS) is 16.4. The number of aromatic nitrogens is 6. The van der Waals surface area contributed by atoms with Crippen LogP contribution in [0.2, 0.25) is 0 Å². The highest BCUT2D eigenvalue weighted by Gasteiger charge is 2.37. The molecule has 1 aromatic carbocycles. The van der Waals surface area contributed by atoms with Crippen LogP contribution in [0.5, 0.6) is 0 Å². The molecular formula is C30H27F2N7. The van der Waals surface area contributed by atoms with Gasteiger partial charge in [-0.3, -0.25) is 20.0 Å². The summed E-state index contributed by atoms with van der Waals surface area (Å²) in [5.74, 6) is -1.99. The van der Waals surface area contributed by atoms with Crippen molar-refractivity contribution in [2.45, 2.75) is 19.3 Å². The Bertz CT molecular complexity index is 1730. The highest BCUT2D eigenvalue weighted by molar-refractivity contribution is 5.98. The number of allylic oxidation sites excluding steroid dienone is 3. The Hall–Kier alpha value is -4.50. The second-order valence-electron chi connectivity index (χ2n) is 9.72. The zero-order chi connectivity index (χ0) is 27.0. The van der Waals surface area contributed by atoms with Crippen LogP contribution < -0.4 is 0 Å². The van der Waals surface area contributed by atoms with Crippen LogP contribution in [0, 0.1) is 0 Å². The van der Waals surface area contributed by atoms with E-state index in [1.807, 2.05) is 43.3 Å². The highest BCUT2D eigenvalue weighted by atomic mass is 19.3. The van der Waals surface area contributed by atoms with Crippen LogP contribution in [-0.4, -0.2) is 60.6 Å². The minimum Gasteiger partial charge on any atom is -0.335 e. The van der Waals surface area contributed by atoms with Crippen LogP contribution in [-0.2, 0) is 0 Å². The van der Waals surface area contributed by atoms with Crippen molar-refractivity contribution in [3.63, 3.8) is 0 Å². The molecule has 6 rings (SSSR count). The number of nitrogens with zero attached hydrogens (tertiary/aromatic N) is 5. The number of hydrogen-bond acceptors (Lipinski definition) is 5. The zero-order valence-electron chi connectivity index (χ0n) is 21.5. The summed E-state index contributed by atoms with van der Waals surface area (Å²) in [6, 6.07) is 9.93. The Morgan fingerprint density at radius 1 is 1.13 bits per heavy atom. The Morgan fingerprint density at radius 2 is 1.97 bits per heavy atom. The molecule has 5 aromatic rings. The molecule has 1 saturated heterocycles. The van der Waals surface area contributed by atoms with Crippen LogP contribution in [0.25, 0.3) is 50.2 Å². The lowest BCUT2D eigenvalue weighted by Crippen LogP contribution is -2.26. The van der Waals surface area contributed by atoms with Gasteiger partial charge in [0, 0.05) is 49.1 Å². The van der Waals surface area contributed by atoms with Gasteiger partial charge in [0.25, 0.3) is 5.92 Å². The molecule has 5 heterocycles. The lowest BCUT2D eigenvalue weighted by molar-refractivity contribution is 0.0131. The van der Waals surface area contributed by atoms with Crippen molar-refractivity contribution < 1.29 is 8.78 Å². The molecule has 0 saturated carbocycles. The summed E-state index contributed by atoms with van der Waals surface area (Å²) < 4.78 is 27.4. The molecule has 0 atom stereocenters. The van der Waals surface area contributed by atoms with Gasteiger partial charge in [0.2, 0.25) is 0 Å². The second-order valence-corrected chi connectivity index (χ2v) is 9.72. The predicted molar refractivity (Wildman–Crippen MR) is 150 cm³/mol. The molecule has 1 fully saturated rings. The molecule has 7 nitrogen and oxygen atoms in total. The van der Waals surface area contributed by atoms with Crippen LogP contribution >= 0.6 is 0 Å². The van der Waals surface area contributed by atoms with Gasteiger partial charge in [-0.2, -0.15) is 5.10 Å². The van der Waals surface area contributed by atoms with E-state index in [0.717, 1.165) is 49.8 Å². The van der Waals surface area contributed by atoms with Crippen LogP contribution in [0.3, 0.4) is 0 Å². The van der Waals surface area contributed by atoms with Crippen molar-refractivity contribution in [3.8, 4) is 22.6 Å². The molecule has 0 aliphatic carbocycles. The second kappa shape index (κ2) is 9.99. The van der Waals surface area contributed by atoms with E-state index in [4.69, 9.17) is 4.98 Å². The van der Waals surface area contributed by atoms with E-state index >= 15 is 0 Å². The fraction of sp³-hybridized carbons (Fsp3) is 0.200. The minimum atomic E-state index is -2.62. The summed E-state index contributed by atoms with van der Waals surface area (Å²) in [4.78, 5) is 18.5. The molecule has 9 heteroatoms. The fourth-order valence-electron chi connectivity index (χ4n) is 5.06. The van der Waals surface area contributed by atoms with Crippen LogP contribution in [0.4, 0.5) is 8.78 Å². The molecule has 0 bridgehead atoms. The Balaban J connectivity index is 1.35. The van der Waals surface area contributed by atoms with Crippen molar-refractivity contribution in [2.75, 3.05) is 19.6 Å². The summed E-state index contributed by atoms with van der Waals surface area (Å²) in [5, 5.41) is 8.59. The third kappa shape index (κ3) is 4.88. The maximum atomic E-state index is 13.7. The highest BCUT2D eigenvalue weighted by Crippen LogP contribution is 2.33. The molecule has 0 unspecified atom stereocenters. The largest absolute Gasteiger partial charge is 0.335 e. The third-order valence-corrected chi connectivity index (χ3v) is 7.07. The van der Waals surface area contributed by atoms with E-state index in [1.165, 1.54) is 0 Å². The molecule has 0 amide bonds. The first-order valence-corrected chi connectivity index (χ1v) is 12.8. The number of likely N-dealkylation sites (tertiary alicyclic amines) is 1. The number of fused-ring (bicyclic) bond motifs is 2. The number of imidazole rings is 1. The Kier molecular flexibility index (Phi) is 6.36. The van der Waals surface area contributed by atoms with Crippen molar-refractivity contribution in [3.05, 3.63) is 91.1 Å². The van der Waals surface area contributed by atoms with E-state index in [-0.39, 0.29) is 13.0 Å². The van der Waals surface area contributed by atoms with Gasteiger partial charge in [0.15, 0.2) is 5.82 Å². The SMILES string of the molecule is C=C/C(=C\C(=C/C)c1ccc2[nH]nc(-c3nc4c(-c5ccncc5)cncc4[nH]3)c2c1)CN1CCC(F)(F)C1. The summed E-state index contributed by atoms with van der Waals surface area (Å²) in [5.41, 5.74) is 7.93. The van der Waals surface area contributed by atoms with E-state index < -0.39 is 5.92 Å². The predicted octanol–water partition coefficient (Wildman–Crippen LogP) is 6.42. The monoisotopic (exact) mass is 523 g/mol. The zero-order valence-corrected chi connectivity index (χ0v) is 21.5. The van der Waals surface area contributed by atoms with E-state index in [1.54, 1.807) is 35.8 Å². The quantitative estimate of drug-likeness (QED) is 0.241. The molecule has 1 aliphatic rings. The smallest absolute Gasteiger partial charge is 0.261 e. The van der Waals surface area contributed by atoms with Crippen molar-refractivity contribution in [1.29, 1.82) is 0 Å². The summed E-state index contributed by atoms with van der Waals surface area (Å²) >= 11 is 0. The maximum Gasteiger partial charge on any atom is 0.261 e. The van der Waals surface area contributed by atoms with Gasteiger partial charge >= 0.3 is 0 Å². The number of rotatable bonds is 7. The van der Waals surface area contributed by atoms with Gasteiger partial charge in [-0.15, -0.1) is 0 Å². The molecule has 196 valence electrons. The summed E-state index contributed by atoms with van der Waals surface area (Å²) in [6.45, 7) is 6.48. The van der Waals surface area contributed by atoms with Crippen molar-refractivity contribution >= 4 is 27.5 Å². The van der Waals surface area contributed by atoms with Gasteiger partial charge < -0.3 is 4.98 Å². The number of halogens is 2. The van der Waals surface area contributed by atoms with Crippen molar-refractivity contribution in [1.82, 2.24) is 35.0 Å². The van der Waals surface area contributed by atoms with Crippen molar-refractivity contribution in [2.24, 2.45) is 0 Å². The molecule has 1 aliphatic heterocycles. The first-order chi connectivity index (χ1) is 18.9. The molecule has 0 spiro atoms. The molecule has 4 aromatic heterocycles. The third-order valence-electron chi connectivity index (χ3n) is 7.07. The number of alkyl halides is 2. The Morgan fingerprint density at radius 3 is 2.72 bits per heavy atom. The molecular weight excluding hydrogens is 496 g/mol. The summed E-state index contributed by atoms with van der Waals surface area (Å²) in [7, 11) is 0. The number of benzene rings is 1. The number of pyridine rings is 2. The first-order valence-electron chi connectivity index (χ1n) is 12.8. The lowest BCUT2D eigenvalue weighted by atomic mass is 10.00. The van der Waals surface area contributed by atoms with Gasteiger partial charge in [-0.25, -0.2) is 13.8 Å². The van der Waals surface area contributed by atoms with Gasteiger partial charge in [-0.05, 0) is 53.5 Å². The minimum absolute atomic E-state index is 0.101. The summed E-state index contributed by atoms with van der Waals surface area (Å²) in [6.07, 6.45) is 12.7. The van der Waals surface area contributed by atoms with Gasteiger partial charge in [-0.1, -0.05) is 30.9 Å². The number of hydrogen-bond donors (Lipinski definition) is 2. The fourth-order valence-corrected chi connectivity index (χ4v) is 5.06. The molecule has 2 N–H and O–H groups in total. The van der Waals surface area contributed by atoms with Gasteiger partial charge in [0.05, 0.1) is 29.3 Å². The van der Waals surface area contributed by atoms with E-state index in [2.05, 4.69) is 37.8 Å².